The summed E-state index contributed by atoms with van der Waals surface area (Å²) in [5.41, 5.74) is 0.496. The summed E-state index contributed by atoms with van der Waals surface area (Å²) in [5.74, 6) is 0.144. The van der Waals surface area contributed by atoms with Crippen LogP contribution in [0, 0.1) is 0 Å². The summed E-state index contributed by atoms with van der Waals surface area (Å²) in [6.07, 6.45) is 5.15. The van der Waals surface area contributed by atoms with Crippen LogP contribution in [-0.4, -0.2) is 40.2 Å². The van der Waals surface area contributed by atoms with E-state index < -0.39 is 5.54 Å². The van der Waals surface area contributed by atoms with Gasteiger partial charge in [0.25, 0.3) is 5.91 Å². The molecule has 0 spiro atoms. The van der Waals surface area contributed by atoms with E-state index >= 15 is 0 Å². The molecule has 0 bridgehead atoms. The van der Waals surface area contributed by atoms with Gasteiger partial charge in [-0.15, -0.1) is 12.4 Å². The van der Waals surface area contributed by atoms with Gasteiger partial charge in [-0.3, -0.25) is 9.48 Å². The summed E-state index contributed by atoms with van der Waals surface area (Å²) < 4.78 is 1.85. The van der Waals surface area contributed by atoms with Gasteiger partial charge in [-0.1, -0.05) is 23.7 Å². The van der Waals surface area contributed by atoms with Gasteiger partial charge >= 0.3 is 0 Å². The zero-order valence-corrected chi connectivity index (χ0v) is 15.9. The number of hydrogen-bond acceptors (Lipinski definition) is 3. The second-order valence-electron chi connectivity index (χ2n) is 6.18. The molecular weight excluding hydrogens is 359 g/mol. The minimum atomic E-state index is -0.586. The van der Waals surface area contributed by atoms with Gasteiger partial charge < -0.3 is 10.2 Å². The molecule has 5 nitrogen and oxygen atoms in total. The highest BCUT2D eigenvalue weighted by atomic mass is 35.5. The smallest absolute Gasteiger partial charge is 0.250 e. The maximum atomic E-state index is 13.4. The molecule has 0 unspecified atom stereocenters. The van der Waals surface area contributed by atoms with Crippen molar-refractivity contribution in [3.8, 4) is 0 Å². The third-order valence-corrected chi connectivity index (χ3v) is 4.98. The molecule has 1 aliphatic heterocycles. The predicted octanol–water partition coefficient (Wildman–Crippen LogP) is 3.09. The topological polar surface area (TPSA) is 50.2 Å². The fraction of sp³-hybridized carbons (Fsp3) is 0.444. The summed E-state index contributed by atoms with van der Waals surface area (Å²) >= 11 is 5.96. The van der Waals surface area contributed by atoms with E-state index in [1.807, 2.05) is 53.0 Å². The number of benzene rings is 1. The molecule has 136 valence electrons. The average molecular weight is 383 g/mol. The second-order valence-corrected chi connectivity index (χ2v) is 6.61. The van der Waals surface area contributed by atoms with Crippen molar-refractivity contribution in [3.63, 3.8) is 0 Å². The van der Waals surface area contributed by atoms with Crippen LogP contribution in [0.4, 0.5) is 0 Å². The van der Waals surface area contributed by atoms with Crippen molar-refractivity contribution in [1.29, 1.82) is 0 Å². The predicted molar refractivity (Wildman–Crippen MR) is 102 cm³/mol. The van der Waals surface area contributed by atoms with Crippen molar-refractivity contribution in [3.05, 3.63) is 53.3 Å². The van der Waals surface area contributed by atoms with Gasteiger partial charge in [0.2, 0.25) is 0 Å². The Balaban J connectivity index is 0.00000225. The molecule has 1 aromatic carbocycles. The number of amides is 1. The summed E-state index contributed by atoms with van der Waals surface area (Å²) in [4.78, 5) is 15.3. The van der Waals surface area contributed by atoms with E-state index in [0.29, 0.717) is 18.1 Å². The molecule has 2 aromatic rings. The van der Waals surface area contributed by atoms with Crippen LogP contribution in [0.25, 0.3) is 0 Å². The minimum absolute atomic E-state index is 0. The number of halogens is 2. The monoisotopic (exact) mass is 382 g/mol. The lowest BCUT2D eigenvalue weighted by Gasteiger charge is -2.40. The van der Waals surface area contributed by atoms with Crippen LogP contribution in [0.15, 0.2) is 42.7 Å². The van der Waals surface area contributed by atoms with Crippen LogP contribution in [-0.2, 0) is 16.9 Å². The van der Waals surface area contributed by atoms with Crippen LogP contribution >= 0.6 is 24.0 Å². The first kappa shape index (κ1) is 19.8. The molecule has 0 saturated carbocycles. The van der Waals surface area contributed by atoms with Crippen LogP contribution < -0.4 is 5.32 Å². The molecular formula is C18H24Cl2N4O. The molecule has 3 rings (SSSR count). The van der Waals surface area contributed by atoms with Gasteiger partial charge in [0, 0.05) is 30.5 Å². The van der Waals surface area contributed by atoms with Crippen LogP contribution in [0.5, 0.6) is 0 Å². The highest BCUT2D eigenvalue weighted by molar-refractivity contribution is 6.30. The first-order valence-electron chi connectivity index (χ1n) is 8.40. The Kier molecular flexibility index (Phi) is 6.87. The normalized spacial score (nSPS) is 16.1. The van der Waals surface area contributed by atoms with Crippen LogP contribution in [0.2, 0.25) is 5.02 Å². The van der Waals surface area contributed by atoms with Gasteiger partial charge in [0.1, 0.15) is 5.54 Å². The SMILES string of the molecule is CCN(Cc1ccc(Cl)cc1)C(=O)C1(n2cccn2)CCNCC1.Cl. The molecule has 1 fully saturated rings. The van der Waals surface area contributed by atoms with Crippen LogP contribution in [0.3, 0.4) is 0 Å². The number of likely N-dealkylation sites (N-methyl/N-ethyl adjacent to an activating group) is 1. The Labute approximate surface area is 159 Å². The van der Waals surface area contributed by atoms with Crippen LogP contribution in [0.1, 0.15) is 25.3 Å². The molecule has 0 radical (unpaired) electrons. The Hall–Kier alpha value is -1.56. The number of carbonyl (C=O) groups is 1. The standard InChI is InChI=1S/C18H23ClN4O.ClH/c1-2-22(14-15-4-6-16(19)7-5-15)17(24)18(8-11-20-12-9-18)23-13-3-10-21-23;/h3-7,10,13,20H,2,8-9,11-12,14H2,1H3;1H. The van der Waals surface area contributed by atoms with Crippen molar-refractivity contribution < 1.29 is 4.79 Å². The molecule has 0 atom stereocenters. The maximum absolute atomic E-state index is 13.4. The van der Waals surface area contributed by atoms with Crippen molar-refractivity contribution >= 4 is 29.9 Å². The zero-order valence-electron chi connectivity index (χ0n) is 14.3. The molecule has 25 heavy (non-hydrogen) atoms. The van der Waals surface area contributed by atoms with E-state index in [0.717, 1.165) is 31.5 Å². The van der Waals surface area contributed by atoms with E-state index in [1.165, 1.54) is 0 Å². The molecule has 1 saturated heterocycles. The first-order valence-corrected chi connectivity index (χ1v) is 8.78. The molecule has 1 N–H and O–H groups in total. The number of aromatic nitrogens is 2. The summed E-state index contributed by atoms with van der Waals surface area (Å²) in [7, 11) is 0. The largest absolute Gasteiger partial charge is 0.337 e. The summed E-state index contributed by atoms with van der Waals surface area (Å²) in [6, 6.07) is 9.56. The third-order valence-electron chi connectivity index (χ3n) is 4.73. The lowest BCUT2D eigenvalue weighted by molar-refractivity contribution is -0.143. The summed E-state index contributed by atoms with van der Waals surface area (Å²) in [5, 5.41) is 8.44. The molecule has 1 amide bonds. The highest BCUT2D eigenvalue weighted by Gasteiger charge is 2.44. The van der Waals surface area contributed by atoms with Crippen molar-refractivity contribution in [2.45, 2.75) is 31.8 Å². The van der Waals surface area contributed by atoms with Gasteiger partial charge in [0.05, 0.1) is 0 Å². The fourth-order valence-corrected chi connectivity index (χ4v) is 3.46. The molecule has 2 heterocycles. The highest BCUT2D eigenvalue weighted by Crippen LogP contribution is 2.30. The molecule has 1 aliphatic rings. The number of carbonyl (C=O) groups excluding carboxylic acids is 1. The Morgan fingerprint density at radius 1 is 1.32 bits per heavy atom. The van der Waals surface area contributed by atoms with Gasteiger partial charge in [-0.25, -0.2) is 0 Å². The van der Waals surface area contributed by atoms with Crippen molar-refractivity contribution in [2.24, 2.45) is 0 Å². The number of nitrogens with one attached hydrogen (secondary N) is 1. The second kappa shape index (κ2) is 8.70. The van der Waals surface area contributed by atoms with E-state index in [1.54, 1.807) is 6.20 Å². The molecule has 7 heteroatoms. The Morgan fingerprint density at radius 3 is 2.56 bits per heavy atom. The maximum Gasteiger partial charge on any atom is 0.250 e. The van der Waals surface area contributed by atoms with E-state index in [9.17, 15) is 4.79 Å². The quantitative estimate of drug-likeness (QED) is 0.864. The van der Waals surface area contributed by atoms with Gasteiger partial charge in [-0.2, -0.15) is 5.10 Å². The number of piperidine rings is 1. The van der Waals surface area contributed by atoms with E-state index in [-0.39, 0.29) is 18.3 Å². The van der Waals surface area contributed by atoms with E-state index in [2.05, 4.69) is 10.4 Å². The lowest BCUT2D eigenvalue weighted by Crippen LogP contribution is -2.55. The van der Waals surface area contributed by atoms with Gasteiger partial charge in [-0.05, 0) is 56.6 Å². The molecule has 1 aromatic heterocycles. The lowest BCUT2D eigenvalue weighted by atomic mass is 9.86. The van der Waals surface area contributed by atoms with Crippen molar-refractivity contribution in [1.82, 2.24) is 20.0 Å². The Bertz CT molecular complexity index is 667. The number of nitrogens with zero attached hydrogens (tertiary/aromatic N) is 3. The minimum Gasteiger partial charge on any atom is -0.337 e. The number of rotatable bonds is 5. The first-order chi connectivity index (χ1) is 11.7. The average Bonchev–Trinajstić information content (AvgIpc) is 3.16. The van der Waals surface area contributed by atoms with E-state index in [4.69, 9.17) is 11.6 Å². The third kappa shape index (κ3) is 4.17. The summed E-state index contributed by atoms with van der Waals surface area (Å²) in [6.45, 7) is 4.92. The van der Waals surface area contributed by atoms with Crippen molar-refractivity contribution in [2.75, 3.05) is 19.6 Å². The number of hydrogen-bond donors (Lipinski definition) is 1. The fourth-order valence-electron chi connectivity index (χ4n) is 3.34. The zero-order chi connectivity index (χ0) is 17.0. The van der Waals surface area contributed by atoms with Gasteiger partial charge in [0.15, 0.2) is 0 Å². The molecule has 0 aliphatic carbocycles. The Morgan fingerprint density at radius 2 is 2.00 bits per heavy atom.